The molecule has 8 nitrogen and oxygen atoms in total. The van der Waals surface area contributed by atoms with E-state index >= 15 is 0 Å². The average molecular weight is 484 g/mol. The van der Waals surface area contributed by atoms with Gasteiger partial charge in [0.25, 0.3) is 5.91 Å². The molecule has 2 aliphatic heterocycles. The standard InChI is InChI=1S/C22H33N3O5S2/c1-2-32(28,29)25-11-9-15(10-12-25)20(26)24-22-19(17-7-3-4-8-18(17)31-22)21(27)23-14-16-6-5-13-30-16/h15-16H,2-14H2,1H3,(H,23,27)(H,24,26)/t16-/m1/s1. The number of carbonyl (C=O) groups is 2. The lowest BCUT2D eigenvalue weighted by Gasteiger charge is -2.30. The molecule has 2 amide bonds. The number of carbonyl (C=O) groups excluding carboxylic acids is 2. The fourth-order valence-electron chi connectivity index (χ4n) is 4.79. The zero-order valence-corrected chi connectivity index (χ0v) is 20.3. The smallest absolute Gasteiger partial charge is 0.254 e. The second-order valence-electron chi connectivity index (χ2n) is 8.82. The minimum Gasteiger partial charge on any atom is -0.376 e. The predicted molar refractivity (Wildman–Crippen MR) is 125 cm³/mol. The van der Waals surface area contributed by atoms with Gasteiger partial charge in [0.2, 0.25) is 15.9 Å². The number of piperidine rings is 1. The van der Waals surface area contributed by atoms with E-state index in [1.165, 1.54) is 20.5 Å². The van der Waals surface area contributed by atoms with Gasteiger partial charge < -0.3 is 15.4 Å². The van der Waals surface area contributed by atoms with Crippen molar-refractivity contribution in [3.8, 4) is 0 Å². The lowest BCUT2D eigenvalue weighted by Crippen LogP contribution is -2.42. The summed E-state index contributed by atoms with van der Waals surface area (Å²) in [5, 5.41) is 6.69. The van der Waals surface area contributed by atoms with Crippen molar-refractivity contribution in [3.63, 3.8) is 0 Å². The van der Waals surface area contributed by atoms with Crippen LogP contribution < -0.4 is 10.6 Å². The Hall–Kier alpha value is -1.49. The van der Waals surface area contributed by atoms with Gasteiger partial charge >= 0.3 is 0 Å². The summed E-state index contributed by atoms with van der Waals surface area (Å²) in [6, 6.07) is 0. The summed E-state index contributed by atoms with van der Waals surface area (Å²) in [4.78, 5) is 27.3. The monoisotopic (exact) mass is 483 g/mol. The quantitative estimate of drug-likeness (QED) is 0.620. The minimum atomic E-state index is -3.22. The van der Waals surface area contributed by atoms with Crippen LogP contribution in [0.25, 0.3) is 0 Å². The molecule has 1 aromatic rings. The first kappa shape index (κ1) is 23.7. The summed E-state index contributed by atoms with van der Waals surface area (Å²) in [6.07, 6.45) is 6.98. The molecule has 1 aromatic heterocycles. The molecule has 32 heavy (non-hydrogen) atoms. The molecule has 178 valence electrons. The SMILES string of the molecule is CCS(=O)(=O)N1CCC(C(=O)Nc2sc3c(c2C(=O)NC[C@H]2CCCO2)CCCC3)CC1. The third-order valence-corrected chi connectivity index (χ3v) is 9.82. The lowest BCUT2D eigenvalue weighted by molar-refractivity contribution is -0.120. The van der Waals surface area contributed by atoms with E-state index in [0.717, 1.165) is 50.7 Å². The number of nitrogens with zero attached hydrogens (tertiary/aromatic N) is 1. The van der Waals surface area contributed by atoms with Crippen molar-refractivity contribution in [1.82, 2.24) is 9.62 Å². The van der Waals surface area contributed by atoms with Crippen LogP contribution in [0.2, 0.25) is 0 Å². The van der Waals surface area contributed by atoms with Crippen molar-refractivity contribution in [2.24, 2.45) is 5.92 Å². The molecule has 4 rings (SSSR count). The summed E-state index contributed by atoms with van der Waals surface area (Å²) in [5.74, 6) is -0.431. The van der Waals surface area contributed by atoms with E-state index in [1.54, 1.807) is 6.92 Å². The molecule has 2 fully saturated rings. The first-order valence-corrected chi connectivity index (χ1v) is 14.1. The molecule has 0 bridgehead atoms. The summed E-state index contributed by atoms with van der Waals surface area (Å²) in [5.41, 5.74) is 1.69. The molecule has 0 aromatic carbocycles. The zero-order valence-electron chi connectivity index (χ0n) is 18.7. The van der Waals surface area contributed by atoms with Gasteiger partial charge in [-0.25, -0.2) is 12.7 Å². The first-order chi connectivity index (χ1) is 15.4. The van der Waals surface area contributed by atoms with Gasteiger partial charge in [-0.15, -0.1) is 11.3 Å². The van der Waals surface area contributed by atoms with E-state index in [4.69, 9.17) is 4.74 Å². The van der Waals surface area contributed by atoms with Crippen LogP contribution in [0.5, 0.6) is 0 Å². The molecular weight excluding hydrogens is 450 g/mol. The lowest BCUT2D eigenvalue weighted by atomic mass is 9.94. The van der Waals surface area contributed by atoms with Gasteiger partial charge in [-0.3, -0.25) is 9.59 Å². The maximum Gasteiger partial charge on any atom is 0.254 e. The number of rotatable bonds is 7. The van der Waals surface area contributed by atoms with Gasteiger partial charge in [0.05, 0.1) is 17.4 Å². The third kappa shape index (κ3) is 5.18. The van der Waals surface area contributed by atoms with Gasteiger partial charge in [0.1, 0.15) is 5.00 Å². The number of nitrogens with one attached hydrogen (secondary N) is 2. The maximum atomic E-state index is 13.1. The Morgan fingerprint density at radius 1 is 1.12 bits per heavy atom. The molecule has 2 saturated heterocycles. The van der Waals surface area contributed by atoms with Gasteiger partial charge in [0.15, 0.2) is 0 Å². The number of thiophene rings is 1. The second-order valence-corrected chi connectivity index (χ2v) is 12.2. The number of fused-ring (bicyclic) bond motifs is 1. The zero-order chi connectivity index (χ0) is 22.7. The molecule has 1 aliphatic carbocycles. The third-order valence-electron chi connectivity index (χ3n) is 6.73. The molecule has 2 N–H and O–H groups in total. The van der Waals surface area contributed by atoms with Crippen LogP contribution in [0.15, 0.2) is 0 Å². The van der Waals surface area contributed by atoms with Crippen LogP contribution in [0.4, 0.5) is 5.00 Å². The normalized spacial score (nSPS) is 22.5. The Morgan fingerprint density at radius 3 is 2.56 bits per heavy atom. The summed E-state index contributed by atoms with van der Waals surface area (Å²) in [6.45, 7) is 3.60. The van der Waals surface area contributed by atoms with Gasteiger partial charge in [-0.2, -0.15) is 0 Å². The maximum absolute atomic E-state index is 13.1. The van der Waals surface area contributed by atoms with E-state index in [9.17, 15) is 18.0 Å². The number of ether oxygens (including phenoxy) is 1. The van der Waals surface area contributed by atoms with Crippen molar-refractivity contribution >= 4 is 38.2 Å². The summed E-state index contributed by atoms with van der Waals surface area (Å²) < 4.78 is 31.3. The minimum absolute atomic E-state index is 0.0658. The molecule has 0 saturated carbocycles. The van der Waals surface area contributed by atoms with Crippen LogP contribution in [0, 0.1) is 5.92 Å². The second kappa shape index (κ2) is 10.2. The Balaban J connectivity index is 1.44. The number of aryl methyl sites for hydroxylation is 1. The van der Waals surface area contributed by atoms with Crippen LogP contribution in [-0.2, 0) is 32.4 Å². The highest BCUT2D eigenvalue weighted by Crippen LogP contribution is 2.38. The summed E-state index contributed by atoms with van der Waals surface area (Å²) >= 11 is 1.52. The van der Waals surface area contributed by atoms with Gasteiger partial charge in [-0.1, -0.05) is 0 Å². The van der Waals surface area contributed by atoms with Crippen molar-refractivity contribution < 1.29 is 22.7 Å². The molecular formula is C22H33N3O5S2. The van der Waals surface area contributed by atoms with Gasteiger partial charge in [0, 0.05) is 37.0 Å². The molecule has 3 heterocycles. The number of hydrogen-bond acceptors (Lipinski definition) is 6. The van der Waals surface area contributed by atoms with E-state index < -0.39 is 10.0 Å². The fourth-order valence-corrected chi connectivity index (χ4v) is 7.21. The van der Waals surface area contributed by atoms with E-state index in [2.05, 4.69) is 10.6 Å². The fraction of sp³-hybridized carbons (Fsp3) is 0.727. The Kier molecular flexibility index (Phi) is 7.54. The highest BCUT2D eigenvalue weighted by molar-refractivity contribution is 7.89. The Labute approximate surface area is 194 Å². The van der Waals surface area contributed by atoms with Crippen molar-refractivity contribution in [3.05, 3.63) is 16.0 Å². The molecule has 0 unspecified atom stereocenters. The van der Waals surface area contributed by atoms with Crippen molar-refractivity contribution in [2.75, 3.05) is 37.3 Å². The molecule has 3 aliphatic rings. The largest absolute Gasteiger partial charge is 0.376 e. The van der Waals surface area contributed by atoms with E-state index in [1.807, 2.05) is 0 Å². The Bertz CT molecular complexity index is 945. The van der Waals surface area contributed by atoms with Crippen LogP contribution in [0.3, 0.4) is 0 Å². The molecule has 0 radical (unpaired) electrons. The highest BCUT2D eigenvalue weighted by Gasteiger charge is 2.32. The van der Waals surface area contributed by atoms with Crippen molar-refractivity contribution in [2.45, 2.75) is 64.4 Å². The number of hydrogen-bond donors (Lipinski definition) is 2. The number of amides is 2. The van der Waals surface area contributed by atoms with Crippen LogP contribution in [0.1, 0.15) is 66.2 Å². The Morgan fingerprint density at radius 2 is 1.88 bits per heavy atom. The van der Waals surface area contributed by atoms with Crippen LogP contribution in [-0.4, -0.2) is 62.6 Å². The topological polar surface area (TPSA) is 105 Å². The van der Waals surface area contributed by atoms with Crippen LogP contribution >= 0.6 is 11.3 Å². The summed E-state index contributed by atoms with van der Waals surface area (Å²) in [7, 11) is -3.22. The van der Waals surface area contributed by atoms with Gasteiger partial charge in [-0.05, 0) is 63.9 Å². The molecule has 0 spiro atoms. The number of sulfonamides is 1. The average Bonchev–Trinajstić information content (AvgIpc) is 3.45. The first-order valence-electron chi connectivity index (χ1n) is 11.7. The van der Waals surface area contributed by atoms with Crippen molar-refractivity contribution in [1.29, 1.82) is 0 Å². The number of anilines is 1. The predicted octanol–water partition coefficient (Wildman–Crippen LogP) is 2.54. The molecule has 1 atom stereocenters. The van der Waals surface area contributed by atoms with E-state index in [0.29, 0.717) is 43.0 Å². The molecule has 10 heteroatoms. The highest BCUT2D eigenvalue weighted by atomic mass is 32.2. The van der Waals surface area contributed by atoms with E-state index in [-0.39, 0.29) is 29.6 Å².